The minimum atomic E-state index is -0.669. The van der Waals surface area contributed by atoms with Crippen molar-refractivity contribution < 1.29 is 9.53 Å². The van der Waals surface area contributed by atoms with Gasteiger partial charge in [-0.15, -0.1) is 0 Å². The predicted octanol–water partition coefficient (Wildman–Crippen LogP) is 2.31. The summed E-state index contributed by atoms with van der Waals surface area (Å²) >= 11 is 2.68. The number of fused-ring (bicyclic) bond motifs is 1. The van der Waals surface area contributed by atoms with Crippen molar-refractivity contribution in [2.24, 2.45) is 0 Å². The number of hydrogen-bond acceptors (Lipinski definition) is 3. The first-order chi connectivity index (χ1) is 7.68. The third-order valence-electron chi connectivity index (χ3n) is 2.23. The van der Waals surface area contributed by atoms with Gasteiger partial charge in [0.2, 0.25) is 5.90 Å². The third kappa shape index (κ3) is 2.06. The number of benzene rings is 2. The topological polar surface area (TPSA) is 50.1 Å². The normalized spacial score (nSPS) is 10.1. The lowest BCUT2D eigenvalue weighted by Gasteiger charge is -2.05. The highest BCUT2D eigenvalue weighted by atomic mass is 32.1. The van der Waals surface area contributed by atoms with E-state index >= 15 is 0 Å². The summed E-state index contributed by atoms with van der Waals surface area (Å²) in [7, 11) is 0. The van der Waals surface area contributed by atoms with E-state index in [1.165, 1.54) is 0 Å². The van der Waals surface area contributed by atoms with Gasteiger partial charge in [-0.2, -0.15) is 4.79 Å². The van der Waals surface area contributed by atoms with Crippen molar-refractivity contribution in [3.05, 3.63) is 48.0 Å². The van der Waals surface area contributed by atoms with Crippen molar-refractivity contribution in [1.82, 2.24) is 0 Å². The second kappa shape index (κ2) is 4.37. The second-order valence-corrected chi connectivity index (χ2v) is 3.65. The van der Waals surface area contributed by atoms with Gasteiger partial charge in [-0.3, -0.25) is 5.41 Å². The Labute approximate surface area is 98.0 Å². The quantitative estimate of drug-likeness (QED) is 0.355. The van der Waals surface area contributed by atoms with Crippen molar-refractivity contribution in [2.75, 3.05) is 0 Å². The van der Waals surface area contributed by atoms with Gasteiger partial charge in [-0.1, -0.05) is 36.4 Å². The van der Waals surface area contributed by atoms with Gasteiger partial charge >= 0.3 is 5.30 Å². The Morgan fingerprint density at radius 2 is 1.81 bits per heavy atom. The lowest BCUT2D eigenvalue weighted by molar-refractivity contribution is 0.224. The maximum absolute atomic E-state index is 10.7. The van der Waals surface area contributed by atoms with Crippen molar-refractivity contribution in [1.29, 1.82) is 5.41 Å². The van der Waals surface area contributed by atoms with Crippen LogP contribution in [0.25, 0.3) is 10.8 Å². The number of nitrogens with one attached hydrogen (secondary N) is 1. The minimum Gasteiger partial charge on any atom is -0.367 e. The molecule has 80 valence electrons. The molecule has 0 saturated carbocycles. The molecule has 0 aliphatic carbocycles. The van der Waals surface area contributed by atoms with Crippen LogP contribution in [0.2, 0.25) is 0 Å². The molecular weight excluding hydrogens is 222 g/mol. The summed E-state index contributed by atoms with van der Waals surface area (Å²) in [5, 5.41) is 8.90. The van der Waals surface area contributed by atoms with Crippen LogP contribution in [0, 0.1) is 5.41 Å². The highest BCUT2D eigenvalue weighted by molar-refractivity contribution is 7.76. The fourth-order valence-electron chi connectivity index (χ4n) is 1.57. The van der Waals surface area contributed by atoms with Gasteiger partial charge in [0.15, 0.2) is 0 Å². The van der Waals surface area contributed by atoms with Gasteiger partial charge < -0.3 is 4.74 Å². The van der Waals surface area contributed by atoms with E-state index in [0.717, 1.165) is 10.8 Å². The number of ether oxygens (including phenoxy) is 1. The van der Waals surface area contributed by atoms with Crippen molar-refractivity contribution in [3.63, 3.8) is 0 Å². The Morgan fingerprint density at radius 3 is 2.56 bits per heavy atom. The molecule has 0 aliphatic rings. The summed E-state index contributed by atoms with van der Waals surface area (Å²) < 4.78 is 4.70. The largest absolute Gasteiger partial charge is 0.527 e. The number of carbonyl (C=O) groups is 1. The predicted molar refractivity (Wildman–Crippen MR) is 67.4 cm³/mol. The molecule has 0 amide bonds. The van der Waals surface area contributed by atoms with Crippen LogP contribution in [0.1, 0.15) is 5.56 Å². The smallest absolute Gasteiger partial charge is 0.367 e. The average Bonchev–Trinajstić information content (AvgIpc) is 2.27. The Morgan fingerprint density at radius 1 is 1.12 bits per heavy atom. The van der Waals surface area contributed by atoms with Gasteiger partial charge in [-0.25, -0.2) is 0 Å². The van der Waals surface area contributed by atoms with E-state index < -0.39 is 5.30 Å². The van der Waals surface area contributed by atoms with Crippen LogP contribution >= 0.6 is 0 Å². The van der Waals surface area contributed by atoms with Crippen LogP contribution in [0.5, 0.6) is 0 Å². The van der Waals surface area contributed by atoms with E-state index in [-0.39, 0.29) is 5.90 Å². The first kappa shape index (κ1) is 10.7. The standard InChI is InChI=1S/C12H9NO2S/c13-11(15-12(14)16)10-7-3-5-8-4-1-2-6-9(8)10/h1-7,13H,(H,14,16)/p+1. The maximum Gasteiger partial charge on any atom is 0.527 e. The molecule has 0 unspecified atom stereocenters. The zero-order valence-electron chi connectivity index (χ0n) is 8.36. The zero-order valence-corrected chi connectivity index (χ0v) is 9.36. The molecule has 0 radical (unpaired) electrons. The van der Waals surface area contributed by atoms with Crippen LogP contribution in [0.3, 0.4) is 0 Å². The van der Waals surface area contributed by atoms with Gasteiger partial charge in [0, 0.05) is 5.56 Å². The first-order valence-corrected chi connectivity index (χ1v) is 5.18. The van der Waals surface area contributed by atoms with E-state index in [4.69, 9.17) is 10.1 Å². The monoisotopic (exact) mass is 232 g/mol. The Kier molecular flexibility index (Phi) is 2.92. The molecule has 0 spiro atoms. The van der Waals surface area contributed by atoms with Crippen LogP contribution in [0.4, 0.5) is 4.79 Å². The summed E-state index contributed by atoms with van der Waals surface area (Å²) in [4.78, 5) is 10.7. The van der Waals surface area contributed by atoms with Crippen molar-refractivity contribution >= 4 is 34.6 Å². The van der Waals surface area contributed by atoms with E-state index in [1.54, 1.807) is 6.07 Å². The van der Waals surface area contributed by atoms with E-state index in [0.29, 0.717) is 5.56 Å². The Balaban J connectivity index is 2.52. The number of rotatable bonds is 1. The molecular formula is C12H10NO2S+. The third-order valence-corrected chi connectivity index (χ3v) is 2.33. The van der Waals surface area contributed by atoms with Gasteiger partial charge in [0.1, 0.15) is 0 Å². The highest BCUT2D eigenvalue weighted by Crippen LogP contribution is 2.19. The van der Waals surface area contributed by atoms with Crippen LogP contribution < -0.4 is 0 Å². The molecule has 2 aromatic carbocycles. The molecule has 1 N–H and O–H groups in total. The van der Waals surface area contributed by atoms with Gasteiger partial charge in [0.05, 0.1) is 12.6 Å². The second-order valence-electron chi connectivity index (χ2n) is 3.25. The molecule has 0 atom stereocenters. The molecule has 0 heterocycles. The van der Waals surface area contributed by atoms with E-state index in [9.17, 15) is 4.79 Å². The number of hydrogen-bond donors (Lipinski definition) is 1. The van der Waals surface area contributed by atoms with Crippen molar-refractivity contribution in [3.8, 4) is 0 Å². The average molecular weight is 232 g/mol. The lowest BCUT2D eigenvalue weighted by Crippen LogP contribution is -2.09. The summed E-state index contributed by atoms with van der Waals surface area (Å²) in [5.74, 6) is -0.156. The van der Waals surface area contributed by atoms with E-state index in [1.807, 2.05) is 36.4 Å². The summed E-state index contributed by atoms with van der Waals surface area (Å²) in [6.45, 7) is 0. The van der Waals surface area contributed by atoms with E-state index in [2.05, 4.69) is 12.6 Å². The minimum absolute atomic E-state index is 0.156. The first-order valence-electron chi connectivity index (χ1n) is 4.68. The van der Waals surface area contributed by atoms with Crippen LogP contribution in [-0.4, -0.2) is 11.2 Å². The number of carbonyl (C=O) groups excluding carboxylic acids is 1. The Hall–Kier alpha value is -1.81. The molecule has 0 aliphatic heterocycles. The summed E-state index contributed by atoms with van der Waals surface area (Å²) in [6.07, 6.45) is 0. The fourth-order valence-corrected chi connectivity index (χ4v) is 1.67. The molecule has 16 heavy (non-hydrogen) atoms. The maximum atomic E-state index is 10.7. The van der Waals surface area contributed by atoms with Crippen LogP contribution in [-0.2, 0) is 17.4 Å². The van der Waals surface area contributed by atoms with Crippen molar-refractivity contribution in [2.45, 2.75) is 0 Å². The molecule has 2 rings (SSSR count). The van der Waals surface area contributed by atoms with Gasteiger partial charge in [-0.05, 0) is 16.8 Å². The lowest BCUT2D eigenvalue weighted by atomic mass is 10.0. The SMILES string of the molecule is N=C(OC(=O)[SH2+])c1cccc2ccccc12. The van der Waals surface area contributed by atoms with Crippen LogP contribution in [0.15, 0.2) is 42.5 Å². The van der Waals surface area contributed by atoms with Gasteiger partial charge in [0.25, 0.3) is 0 Å². The molecule has 2 aromatic rings. The molecule has 0 aromatic heterocycles. The molecule has 4 heteroatoms. The fraction of sp³-hybridized carbons (Fsp3) is 0. The zero-order chi connectivity index (χ0) is 11.5. The molecule has 0 saturated heterocycles. The summed E-state index contributed by atoms with van der Waals surface area (Å²) in [6, 6.07) is 13.2. The Bertz CT molecular complexity index is 560. The molecule has 0 fully saturated rings. The highest BCUT2D eigenvalue weighted by Gasteiger charge is 2.12. The summed E-state index contributed by atoms with van der Waals surface area (Å²) in [5.41, 5.74) is 0.602. The molecule has 3 nitrogen and oxygen atoms in total. The molecule has 0 bridgehead atoms.